The van der Waals surface area contributed by atoms with Gasteiger partial charge in [-0.3, -0.25) is 4.79 Å². The molecule has 1 aliphatic rings. The zero-order chi connectivity index (χ0) is 12.0. The van der Waals surface area contributed by atoms with E-state index in [0.717, 1.165) is 32.1 Å². The van der Waals surface area contributed by atoms with Gasteiger partial charge in [-0.2, -0.15) is 0 Å². The molecule has 0 aliphatic heterocycles. The number of hydrogen-bond donors (Lipinski definition) is 3. The van der Waals surface area contributed by atoms with E-state index in [1.165, 1.54) is 0 Å². The van der Waals surface area contributed by atoms with E-state index in [1.54, 1.807) is 0 Å². The van der Waals surface area contributed by atoms with E-state index in [4.69, 9.17) is 10.8 Å². The van der Waals surface area contributed by atoms with Gasteiger partial charge in [0.25, 0.3) is 0 Å². The topological polar surface area (TPSA) is 75.3 Å². The first-order chi connectivity index (χ1) is 7.67. The number of amides is 1. The fourth-order valence-electron chi connectivity index (χ4n) is 2.32. The first-order valence-electron chi connectivity index (χ1n) is 6.34. The molecule has 0 aromatic rings. The number of carbonyl (C=O) groups excluding carboxylic acids is 1. The van der Waals surface area contributed by atoms with Crippen LogP contribution in [0.25, 0.3) is 0 Å². The summed E-state index contributed by atoms with van der Waals surface area (Å²) in [4.78, 5) is 11.9. The Kier molecular flexibility index (Phi) is 5.77. The lowest BCUT2D eigenvalue weighted by atomic mass is 9.85. The number of rotatable bonds is 5. The molecule has 0 aromatic carbocycles. The molecule has 16 heavy (non-hydrogen) atoms. The Hall–Kier alpha value is -0.610. The van der Waals surface area contributed by atoms with Gasteiger partial charge in [0.1, 0.15) is 0 Å². The Morgan fingerprint density at radius 1 is 1.56 bits per heavy atom. The van der Waals surface area contributed by atoms with Crippen molar-refractivity contribution >= 4 is 5.91 Å². The molecule has 94 valence electrons. The number of aliphatic hydroxyl groups excluding tert-OH is 1. The van der Waals surface area contributed by atoms with Crippen molar-refractivity contribution < 1.29 is 9.90 Å². The zero-order valence-corrected chi connectivity index (χ0v) is 10.1. The lowest BCUT2D eigenvalue weighted by molar-refractivity contribution is -0.126. The molecular weight excluding hydrogens is 204 g/mol. The summed E-state index contributed by atoms with van der Waals surface area (Å²) in [5.74, 6) is 0.201. The van der Waals surface area contributed by atoms with Crippen LogP contribution in [-0.2, 0) is 4.79 Å². The molecule has 1 aliphatic carbocycles. The van der Waals surface area contributed by atoms with Crippen LogP contribution >= 0.6 is 0 Å². The third kappa shape index (κ3) is 4.10. The summed E-state index contributed by atoms with van der Waals surface area (Å²) in [5.41, 5.74) is 5.86. The summed E-state index contributed by atoms with van der Waals surface area (Å²) in [7, 11) is 0. The maximum absolute atomic E-state index is 11.9. The van der Waals surface area contributed by atoms with Crippen molar-refractivity contribution in [1.29, 1.82) is 0 Å². The van der Waals surface area contributed by atoms with Crippen molar-refractivity contribution in [3.63, 3.8) is 0 Å². The normalized spacial score (nSPS) is 27.4. The SMILES string of the molecule is CCC(CCO)NC(=O)C1CCCC(N)C1. The highest BCUT2D eigenvalue weighted by atomic mass is 16.3. The lowest BCUT2D eigenvalue weighted by Crippen LogP contribution is -2.42. The van der Waals surface area contributed by atoms with Crippen molar-refractivity contribution in [3.8, 4) is 0 Å². The van der Waals surface area contributed by atoms with Gasteiger partial charge in [-0.15, -0.1) is 0 Å². The Morgan fingerprint density at radius 2 is 2.31 bits per heavy atom. The molecule has 4 heteroatoms. The van der Waals surface area contributed by atoms with E-state index in [2.05, 4.69) is 5.32 Å². The molecule has 0 spiro atoms. The molecular formula is C12H24N2O2. The van der Waals surface area contributed by atoms with Gasteiger partial charge in [-0.1, -0.05) is 13.3 Å². The highest BCUT2D eigenvalue weighted by Gasteiger charge is 2.26. The van der Waals surface area contributed by atoms with Crippen molar-refractivity contribution in [3.05, 3.63) is 0 Å². The van der Waals surface area contributed by atoms with Gasteiger partial charge in [0.2, 0.25) is 5.91 Å². The maximum atomic E-state index is 11.9. The predicted molar refractivity (Wildman–Crippen MR) is 63.9 cm³/mol. The van der Waals surface area contributed by atoms with Crippen LogP contribution in [0.15, 0.2) is 0 Å². The van der Waals surface area contributed by atoms with Gasteiger partial charge in [-0.05, 0) is 32.1 Å². The molecule has 1 fully saturated rings. The minimum Gasteiger partial charge on any atom is -0.396 e. The maximum Gasteiger partial charge on any atom is 0.223 e. The molecule has 3 atom stereocenters. The molecule has 3 unspecified atom stereocenters. The first-order valence-corrected chi connectivity index (χ1v) is 6.34. The Balaban J connectivity index is 2.37. The molecule has 0 radical (unpaired) electrons. The third-order valence-corrected chi connectivity index (χ3v) is 3.40. The summed E-state index contributed by atoms with van der Waals surface area (Å²) < 4.78 is 0. The van der Waals surface area contributed by atoms with E-state index >= 15 is 0 Å². The highest BCUT2D eigenvalue weighted by Crippen LogP contribution is 2.23. The zero-order valence-electron chi connectivity index (χ0n) is 10.1. The van der Waals surface area contributed by atoms with E-state index in [-0.39, 0.29) is 30.5 Å². The van der Waals surface area contributed by atoms with Crippen molar-refractivity contribution in [1.82, 2.24) is 5.32 Å². The highest BCUT2D eigenvalue weighted by molar-refractivity contribution is 5.79. The smallest absolute Gasteiger partial charge is 0.223 e. The predicted octanol–water partition coefficient (Wildman–Crippen LogP) is 0.781. The molecule has 1 rings (SSSR count). The average Bonchev–Trinajstić information content (AvgIpc) is 2.28. The standard InChI is InChI=1S/C12H24N2O2/c1-2-11(6-7-15)14-12(16)9-4-3-5-10(13)8-9/h9-11,15H,2-8,13H2,1H3,(H,14,16). The van der Waals surface area contributed by atoms with Gasteiger partial charge < -0.3 is 16.2 Å². The van der Waals surface area contributed by atoms with Gasteiger partial charge >= 0.3 is 0 Å². The monoisotopic (exact) mass is 228 g/mol. The fourth-order valence-corrected chi connectivity index (χ4v) is 2.32. The van der Waals surface area contributed by atoms with Crippen molar-refractivity contribution in [2.45, 2.75) is 57.5 Å². The molecule has 1 saturated carbocycles. The van der Waals surface area contributed by atoms with Crippen LogP contribution < -0.4 is 11.1 Å². The Labute approximate surface area is 97.6 Å². The third-order valence-electron chi connectivity index (χ3n) is 3.40. The molecule has 0 aromatic heterocycles. The van der Waals surface area contributed by atoms with Gasteiger partial charge in [0, 0.05) is 24.6 Å². The molecule has 4 nitrogen and oxygen atoms in total. The van der Waals surface area contributed by atoms with Crippen LogP contribution in [0.5, 0.6) is 0 Å². The summed E-state index contributed by atoms with van der Waals surface area (Å²) in [6.07, 6.45) is 5.36. The van der Waals surface area contributed by atoms with Gasteiger partial charge in [-0.25, -0.2) is 0 Å². The quantitative estimate of drug-likeness (QED) is 0.651. The first kappa shape index (κ1) is 13.5. The van der Waals surface area contributed by atoms with Crippen LogP contribution in [0.2, 0.25) is 0 Å². The van der Waals surface area contributed by atoms with Gasteiger partial charge in [0.05, 0.1) is 0 Å². The molecule has 0 bridgehead atoms. The van der Waals surface area contributed by atoms with Crippen LogP contribution in [0, 0.1) is 5.92 Å². The fraction of sp³-hybridized carbons (Fsp3) is 0.917. The van der Waals surface area contributed by atoms with Crippen LogP contribution in [-0.4, -0.2) is 29.7 Å². The minimum atomic E-state index is 0.0801. The molecule has 4 N–H and O–H groups in total. The minimum absolute atomic E-state index is 0.0801. The number of hydrogen-bond acceptors (Lipinski definition) is 3. The molecule has 0 saturated heterocycles. The largest absolute Gasteiger partial charge is 0.396 e. The number of aliphatic hydroxyl groups is 1. The van der Waals surface area contributed by atoms with Crippen molar-refractivity contribution in [2.75, 3.05) is 6.61 Å². The van der Waals surface area contributed by atoms with Crippen molar-refractivity contribution in [2.24, 2.45) is 11.7 Å². The summed E-state index contributed by atoms with van der Waals surface area (Å²) >= 11 is 0. The summed E-state index contributed by atoms with van der Waals surface area (Å²) in [5, 5.41) is 11.9. The lowest BCUT2D eigenvalue weighted by Gasteiger charge is -2.27. The van der Waals surface area contributed by atoms with E-state index in [9.17, 15) is 4.79 Å². The van der Waals surface area contributed by atoms with E-state index in [1.807, 2.05) is 6.92 Å². The summed E-state index contributed by atoms with van der Waals surface area (Å²) in [6.45, 7) is 2.15. The Bertz CT molecular complexity index is 221. The van der Waals surface area contributed by atoms with E-state index in [0.29, 0.717) is 6.42 Å². The van der Waals surface area contributed by atoms with Gasteiger partial charge in [0.15, 0.2) is 0 Å². The molecule has 1 amide bonds. The van der Waals surface area contributed by atoms with E-state index < -0.39 is 0 Å². The molecule has 0 heterocycles. The Morgan fingerprint density at radius 3 is 2.88 bits per heavy atom. The van der Waals surface area contributed by atoms with Crippen LogP contribution in [0.4, 0.5) is 0 Å². The summed E-state index contributed by atoms with van der Waals surface area (Å²) in [6, 6.07) is 0.290. The average molecular weight is 228 g/mol. The number of carbonyl (C=O) groups is 1. The second kappa shape index (κ2) is 6.86. The van der Waals surface area contributed by atoms with Crippen LogP contribution in [0.3, 0.4) is 0 Å². The second-order valence-corrected chi connectivity index (χ2v) is 4.75. The number of nitrogens with one attached hydrogen (secondary N) is 1. The van der Waals surface area contributed by atoms with Crippen LogP contribution in [0.1, 0.15) is 45.4 Å². The second-order valence-electron chi connectivity index (χ2n) is 4.75. The number of nitrogens with two attached hydrogens (primary N) is 1.